The number of nitrogens with one attached hydrogen (secondary N) is 1. The van der Waals surface area contributed by atoms with Crippen LogP contribution in [-0.4, -0.2) is 37.0 Å². The number of likely N-dealkylation sites (N-methyl/N-ethyl adjacent to an activating group) is 1. The lowest BCUT2D eigenvalue weighted by atomic mass is 10.1. The van der Waals surface area contributed by atoms with Crippen LogP contribution in [0.3, 0.4) is 0 Å². The topological polar surface area (TPSA) is 32.3 Å². The molecule has 3 rings (SSSR count). The van der Waals surface area contributed by atoms with Crippen molar-refractivity contribution in [3.63, 3.8) is 0 Å². The number of hydrogen-bond donors (Lipinski definition) is 1. The van der Waals surface area contributed by atoms with Gasteiger partial charge >= 0.3 is 0 Å². The highest BCUT2D eigenvalue weighted by atomic mass is 35.5. The third-order valence-electron chi connectivity index (χ3n) is 4.20. The highest BCUT2D eigenvalue weighted by molar-refractivity contribution is 7.21. The maximum Gasteiger partial charge on any atom is 0.263 e. The average Bonchev–Trinajstić information content (AvgIpc) is 3.04. The molecule has 3 nitrogen and oxygen atoms in total. The zero-order valence-electron chi connectivity index (χ0n) is 12.2. The van der Waals surface area contributed by atoms with Crippen molar-refractivity contribution in [2.45, 2.75) is 31.3 Å². The van der Waals surface area contributed by atoms with Crippen molar-refractivity contribution >= 4 is 38.9 Å². The summed E-state index contributed by atoms with van der Waals surface area (Å²) in [5.41, 5.74) is 0. The van der Waals surface area contributed by atoms with Crippen LogP contribution in [0.1, 0.15) is 28.9 Å². The first-order chi connectivity index (χ1) is 10.1. The predicted molar refractivity (Wildman–Crippen MR) is 89.4 cm³/mol. The van der Waals surface area contributed by atoms with Gasteiger partial charge in [0.15, 0.2) is 0 Å². The fraction of sp³-hybridized carbons (Fsp3) is 0.438. The molecular weight excluding hydrogens is 304 g/mol. The normalized spacial score (nSPS) is 22.1. The van der Waals surface area contributed by atoms with Crippen molar-refractivity contribution in [2.24, 2.45) is 0 Å². The molecule has 0 radical (unpaired) electrons. The first-order valence-corrected chi connectivity index (χ1v) is 8.41. The lowest BCUT2D eigenvalue weighted by Gasteiger charge is -2.26. The Balaban J connectivity index is 1.82. The molecule has 1 aliphatic carbocycles. The van der Waals surface area contributed by atoms with Gasteiger partial charge in [0.2, 0.25) is 0 Å². The molecule has 5 heteroatoms. The summed E-state index contributed by atoms with van der Waals surface area (Å²) < 4.78 is 1.06. The van der Waals surface area contributed by atoms with Gasteiger partial charge in [-0.2, -0.15) is 0 Å². The number of carbonyl (C=O) groups excluding carboxylic acids is 1. The van der Waals surface area contributed by atoms with Gasteiger partial charge in [-0.3, -0.25) is 4.79 Å². The molecule has 1 N–H and O–H groups in total. The maximum absolute atomic E-state index is 12.6. The zero-order valence-corrected chi connectivity index (χ0v) is 13.8. The van der Waals surface area contributed by atoms with Gasteiger partial charge < -0.3 is 10.2 Å². The Labute approximate surface area is 133 Å². The van der Waals surface area contributed by atoms with Gasteiger partial charge in [-0.25, -0.2) is 0 Å². The van der Waals surface area contributed by atoms with Gasteiger partial charge in [0, 0.05) is 22.2 Å². The summed E-state index contributed by atoms with van der Waals surface area (Å²) in [4.78, 5) is 15.4. The zero-order chi connectivity index (χ0) is 15.0. The van der Waals surface area contributed by atoms with Crippen LogP contribution in [0.15, 0.2) is 24.3 Å². The van der Waals surface area contributed by atoms with Gasteiger partial charge in [-0.1, -0.05) is 29.8 Å². The van der Waals surface area contributed by atoms with Crippen molar-refractivity contribution in [1.82, 2.24) is 10.2 Å². The molecule has 1 aromatic carbocycles. The molecule has 112 valence electrons. The van der Waals surface area contributed by atoms with Crippen molar-refractivity contribution in [3.8, 4) is 0 Å². The van der Waals surface area contributed by atoms with Gasteiger partial charge in [-0.15, -0.1) is 11.3 Å². The number of halogens is 1. The molecule has 1 aliphatic rings. The van der Waals surface area contributed by atoms with Crippen LogP contribution in [0.2, 0.25) is 5.02 Å². The minimum atomic E-state index is -0.0417. The van der Waals surface area contributed by atoms with Gasteiger partial charge in [0.25, 0.3) is 5.91 Å². The highest BCUT2D eigenvalue weighted by Crippen LogP contribution is 2.35. The van der Waals surface area contributed by atoms with Crippen LogP contribution in [0.25, 0.3) is 10.1 Å². The summed E-state index contributed by atoms with van der Waals surface area (Å²) >= 11 is 7.84. The Kier molecular flexibility index (Phi) is 4.20. The van der Waals surface area contributed by atoms with Crippen molar-refractivity contribution in [1.29, 1.82) is 0 Å². The van der Waals surface area contributed by atoms with E-state index in [2.05, 4.69) is 24.3 Å². The van der Waals surface area contributed by atoms with Crippen LogP contribution in [0.4, 0.5) is 0 Å². The van der Waals surface area contributed by atoms with E-state index in [0.29, 0.717) is 15.9 Å². The third-order valence-corrected chi connectivity index (χ3v) is 5.87. The molecular formula is C16H19ClN2OS. The quantitative estimate of drug-likeness (QED) is 0.933. The molecule has 1 saturated carbocycles. The van der Waals surface area contributed by atoms with E-state index < -0.39 is 0 Å². The summed E-state index contributed by atoms with van der Waals surface area (Å²) in [6.07, 6.45) is 3.34. The Morgan fingerprint density at radius 2 is 2.10 bits per heavy atom. The fourth-order valence-electron chi connectivity index (χ4n) is 3.12. The third kappa shape index (κ3) is 2.80. The monoisotopic (exact) mass is 322 g/mol. The number of nitrogens with zero attached hydrogens (tertiary/aromatic N) is 1. The van der Waals surface area contributed by atoms with Gasteiger partial charge in [-0.05, 0) is 39.4 Å². The van der Waals surface area contributed by atoms with Crippen LogP contribution in [0.5, 0.6) is 0 Å². The van der Waals surface area contributed by atoms with Crippen molar-refractivity contribution < 1.29 is 4.79 Å². The number of amides is 1. The van der Waals surface area contributed by atoms with E-state index in [1.165, 1.54) is 11.3 Å². The Bertz CT molecular complexity index is 667. The standard InChI is InChI=1S/C16H19ClN2OS/c1-19(2)12-8-5-7-11(12)18-16(20)15-14(17)10-6-3-4-9-13(10)21-15/h3-4,6,9,11-12H,5,7-8H2,1-2H3,(H,18,20)/t11-,12-/m1/s1. The summed E-state index contributed by atoms with van der Waals surface area (Å²) in [5, 5.41) is 4.71. The SMILES string of the molecule is CN(C)[C@@H]1CCC[C@H]1NC(=O)c1sc2ccccc2c1Cl. The Morgan fingerprint density at radius 3 is 2.81 bits per heavy atom. The summed E-state index contributed by atoms with van der Waals surface area (Å²) in [7, 11) is 4.14. The number of fused-ring (bicyclic) bond motifs is 1. The van der Waals surface area contributed by atoms with E-state index in [4.69, 9.17) is 11.6 Å². The first kappa shape index (κ1) is 14.8. The largest absolute Gasteiger partial charge is 0.347 e. The molecule has 0 unspecified atom stereocenters. The van der Waals surface area contributed by atoms with Gasteiger partial charge in [0.1, 0.15) is 4.88 Å². The Hall–Kier alpha value is -1.10. The molecule has 0 aliphatic heterocycles. The number of thiophene rings is 1. The molecule has 0 spiro atoms. The predicted octanol–water partition coefficient (Wildman–Crippen LogP) is 3.77. The molecule has 1 fully saturated rings. The molecule has 1 aromatic heterocycles. The number of hydrogen-bond acceptors (Lipinski definition) is 3. The second-order valence-corrected chi connectivity index (χ2v) is 7.21. The molecule has 1 heterocycles. The molecule has 2 aromatic rings. The van der Waals surface area contributed by atoms with Crippen molar-refractivity contribution in [3.05, 3.63) is 34.2 Å². The maximum atomic E-state index is 12.6. The number of carbonyl (C=O) groups is 1. The van der Waals surface area contributed by atoms with E-state index in [-0.39, 0.29) is 11.9 Å². The minimum absolute atomic E-state index is 0.0417. The second-order valence-electron chi connectivity index (χ2n) is 5.78. The van der Waals surface area contributed by atoms with Crippen LogP contribution >= 0.6 is 22.9 Å². The minimum Gasteiger partial charge on any atom is -0.347 e. The van der Waals surface area contributed by atoms with E-state index in [1.54, 1.807) is 0 Å². The number of benzene rings is 1. The smallest absolute Gasteiger partial charge is 0.263 e. The van der Waals surface area contributed by atoms with E-state index in [0.717, 1.165) is 29.3 Å². The molecule has 0 saturated heterocycles. The van der Waals surface area contributed by atoms with Crippen LogP contribution in [0, 0.1) is 0 Å². The molecule has 21 heavy (non-hydrogen) atoms. The summed E-state index contributed by atoms with van der Waals surface area (Å²) in [6, 6.07) is 8.51. The van der Waals surface area contributed by atoms with Crippen molar-refractivity contribution in [2.75, 3.05) is 14.1 Å². The van der Waals surface area contributed by atoms with Crippen LogP contribution in [-0.2, 0) is 0 Å². The average molecular weight is 323 g/mol. The molecule has 1 amide bonds. The summed E-state index contributed by atoms with van der Waals surface area (Å²) in [5.74, 6) is -0.0417. The lowest BCUT2D eigenvalue weighted by Crippen LogP contribution is -2.45. The van der Waals surface area contributed by atoms with E-state index in [9.17, 15) is 4.79 Å². The molecule has 2 atom stereocenters. The fourth-order valence-corrected chi connectivity index (χ4v) is 4.54. The van der Waals surface area contributed by atoms with E-state index >= 15 is 0 Å². The summed E-state index contributed by atoms with van der Waals surface area (Å²) in [6.45, 7) is 0. The molecule has 0 bridgehead atoms. The van der Waals surface area contributed by atoms with Crippen LogP contribution < -0.4 is 5.32 Å². The van der Waals surface area contributed by atoms with E-state index in [1.807, 2.05) is 24.3 Å². The van der Waals surface area contributed by atoms with Gasteiger partial charge in [0.05, 0.1) is 5.02 Å². The second kappa shape index (κ2) is 5.95. The number of rotatable bonds is 3. The Morgan fingerprint density at radius 1 is 1.33 bits per heavy atom. The lowest BCUT2D eigenvalue weighted by molar-refractivity contribution is 0.0923. The first-order valence-electron chi connectivity index (χ1n) is 7.22. The highest BCUT2D eigenvalue weighted by Gasteiger charge is 2.31.